The normalized spacial score (nSPS) is 14.9. The van der Waals surface area contributed by atoms with E-state index in [-0.39, 0.29) is 23.9 Å². The molecule has 0 saturated carbocycles. The van der Waals surface area contributed by atoms with E-state index in [1.54, 1.807) is 33.5 Å². The zero-order valence-corrected chi connectivity index (χ0v) is 17.0. The minimum atomic E-state index is -0.321. The predicted octanol–water partition coefficient (Wildman–Crippen LogP) is 3.13. The summed E-state index contributed by atoms with van der Waals surface area (Å²) in [5.74, 6) is 0.314. The van der Waals surface area contributed by atoms with Crippen molar-refractivity contribution < 1.29 is 4.79 Å². The number of nitriles is 1. The first-order chi connectivity index (χ1) is 15.2. The van der Waals surface area contributed by atoms with Crippen molar-refractivity contribution in [2.75, 3.05) is 11.1 Å². The van der Waals surface area contributed by atoms with Gasteiger partial charge in [-0.25, -0.2) is 9.67 Å². The number of carbonyl (C=O) groups is 1. The molecule has 31 heavy (non-hydrogen) atoms. The predicted molar refractivity (Wildman–Crippen MR) is 117 cm³/mol. The van der Waals surface area contributed by atoms with Gasteiger partial charge in [-0.2, -0.15) is 10.4 Å². The van der Waals surface area contributed by atoms with Gasteiger partial charge in [-0.05, 0) is 24.3 Å². The second kappa shape index (κ2) is 7.74. The fourth-order valence-corrected chi connectivity index (χ4v) is 4.77. The Labute approximate surface area is 181 Å². The molecule has 3 heterocycles. The molecular formula is C22H16N6O2S. The van der Waals surface area contributed by atoms with Crippen LogP contribution in [0.1, 0.15) is 18.0 Å². The summed E-state index contributed by atoms with van der Waals surface area (Å²) in [4.78, 5) is 30.5. The van der Waals surface area contributed by atoms with E-state index >= 15 is 0 Å². The van der Waals surface area contributed by atoms with E-state index < -0.39 is 0 Å². The number of hydrogen-bond donors (Lipinski definition) is 1. The van der Waals surface area contributed by atoms with E-state index in [4.69, 9.17) is 0 Å². The van der Waals surface area contributed by atoms with Crippen LogP contribution in [-0.4, -0.2) is 31.0 Å². The minimum Gasteiger partial charge on any atom is -0.325 e. The summed E-state index contributed by atoms with van der Waals surface area (Å²) in [5, 5.41) is 17.3. The average molecular weight is 428 g/mol. The summed E-state index contributed by atoms with van der Waals surface area (Å²) in [6.07, 6.45) is 1.63. The number of amides is 1. The van der Waals surface area contributed by atoms with E-state index in [1.807, 2.05) is 30.3 Å². The van der Waals surface area contributed by atoms with Crippen LogP contribution in [0, 0.1) is 11.3 Å². The van der Waals surface area contributed by atoms with Gasteiger partial charge in [0.1, 0.15) is 11.5 Å². The molecule has 9 heteroatoms. The third kappa shape index (κ3) is 3.37. The SMILES string of the molecule is N#Cc1ccccc1NC(=O)CC1CSc2nc3c(cnn3-c3ccccc3)c(=O)n21. The van der Waals surface area contributed by atoms with Gasteiger partial charge in [0, 0.05) is 12.2 Å². The van der Waals surface area contributed by atoms with Crippen molar-refractivity contribution in [2.45, 2.75) is 17.6 Å². The first-order valence-electron chi connectivity index (χ1n) is 9.63. The van der Waals surface area contributed by atoms with Crippen LogP contribution in [0.3, 0.4) is 0 Å². The molecule has 0 spiro atoms. The fraction of sp³-hybridized carbons (Fsp3) is 0.136. The van der Waals surface area contributed by atoms with Gasteiger partial charge in [-0.15, -0.1) is 0 Å². The van der Waals surface area contributed by atoms with Crippen LogP contribution >= 0.6 is 11.8 Å². The third-order valence-corrected chi connectivity index (χ3v) is 6.21. The Bertz CT molecular complexity index is 1400. The summed E-state index contributed by atoms with van der Waals surface area (Å²) in [6.45, 7) is 0. The number of para-hydroxylation sites is 2. The highest BCUT2D eigenvalue weighted by atomic mass is 32.2. The fourth-order valence-electron chi connectivity index (χ4n) is 3.64. The maximum atomic E-state index is 13.2. The molecular weight excluding hydrogens is 412 g/mol. The zero-order valence-electron chi connectivity index (χ0n) is 16.2. The molecule has 1 atom stereocenters. The molecule has 8 nitrogen and oxygen atoms in total. The lowest BCUT2D eigenvalue weighted by molar-refractivity contribution is -0.116. The lowest BCUT2D eigenvalue weighted by Crippen LogP contribution is -2.27. The topological polar surface area (TPSA) is 106 Å². The molecule has 4 aromatic rings. The first-order valence-corrected chi connectivity index (χ1v) is 10.6. The molecule has 1 aliphatic heterocycles. The van der Waals surface area contributed by atoms with Crippen LogP contribution in [0.25, 0.3) is 16.7 Å². The molecule has 2 aromatic carbocycles. The Morgan fingerprint density at radius 1 is 1.19 bits per heavy atom. The number of aromatic nitrogens is 4. The summed E-state index contributed by atoms with van der Waals surface area (Å²) < 4.78 is 3.23. The van der Waals surface area contributed by atoms with Gasteiger partial charge in [0.05, 0.1) is 29.2 Å². The first kappa shape index (κ1) is 19.1. The molecule has 0 fully saturated rings. The van der Waals surface area contributed by atoms with Gasteiger partial charge < -0.3 is 5.32 Å². The van der Waals surface area contributed by atoms with Crippen LogP contribution in [0.4, 0.5) is 5.69 Å². The number of nitrogens with zero attached hydrogens (tertiary/aromatic N) is 5. The van der Waals surface area contributed by atoms with Crippen LogP contribution < -0.4 is 10.9 Å². The Hall–Kier alpha value is -3.90. The molecule has 1 unspecified atom stereocenters. The lowest BCUT2D eigenvalue weighted by Gasteiger charge is -2.14. The molecule has 1 aliphatic rings. The Balaban J connectivity index is 1.45. The highest BCUT2D eigenvalue weighted by Gasteiger charge is 2.29. The molecule has 0 bridgehead atoms. The van der Waals surface area contributed by atoms with Crippen molar-refractivity contribution in [3.05, 3.63) is 76.7 Å². The summed E-state index contributed by atoms with van der Waals surface area (Å²) in [7, 11) is 0. The second-order valence-corrected chi connectivity index (χ2v) is 8.06. The molecule has 5 rings (SSSR count). The number of benzene rings is 2. The van der Waals surface area contributed by atoms with Gasteiger partial charge in [0.2, 0.25) is 5.91 Å². The van der Waals surface area contributed by atoms with E-state index in [0.717, 1.165) is 5.69 Å². The summed E-state index contributed by atoms with van der Waals surface area (Å²) in [6, 6.07) is 18.1. The van der Waals surface area contributed by atoms with E-state index in [2.05, 4.69) is 21.5 Å². The Morgan fingerprint density at radius 2 is 1.97 bits per heavy atom. The number of anilines is 1. The molecule has 1 amide bonds. The van der Waals surface area contributed by atoms with Crippen molar-refractivity contribution in [1.29, 1.82) is 5.26 Å². The lowest BCUT2D eigenvalue weighted by atomic mass is 10.1. The number of nitrogens with one attached hydrogen (secondary N) is 1. The van der Waals surface area contributed by atoms with E-state index in [9.17, 15) is 14.9 Å². The van der Waals surface area contributed by atoms with Gasteiger partial charge in [-0.3, -0.25) is 14.2 Å². The van der Waals surface area contributed by atoms with Crippen molar-refractivity contribution in [3.63, 3.8) is 0 Å². The molecule has 0 saturated heterocycles. The van der Waals surface area contributed by atoms with Crippen LogP contribution in [-0.2, 0) is 4.79 Å². The highest BCUT2D eigenvalue weighted by Crippen LogP contribution is 2.33. The number of carbonyl (C=O) groups excluding carboxylic acids is 1. The van der Waals surface area contributed by atoms with E-state index in [0.29, 0.717) is 33.2 Å². The quantitative estimate of drug-likeness (QED) is 0.501. The van der Waals surface area contributed by atoms with Crippen LogP contribution in [0.15, 0.2) is 70.7 Å². The van der Waals surface area contributed by atoms with Gasteiger partial charge in [-0.1, -0.05) is 42.1 Å². The Morgan fingerprint density at radius 3 is 2.77 bits per heavy atom. The number of fused-ring (bicyclic) bond motifs is 2. The number of hydrogen-bond acceptors (Lipinski definition) is 6. The maximum Gasteiger partial charge on any atom is 0.265 e. The van der Waals surface area contributed by atoms with Crippen LogP contribution in [0.5, 0.6) is 0 Å². The third-order valence-electron chi connectivity index (χ3n) is 5.11. The molecule has 1 N–H and O–H groups in total. The molecule has 0 aliphatic carbocycles. The smallest absolute Gasteiger partial charge is 0.265 e. The van der Waals surface area contributed by atoms with Gasteiger partial charge >= 0.3 is 0 Å². The molecule has 152 valence electrons. The largest absolute Gasteiger partial charge is 0.325 e. The van der Waals surface area contributed by atoms with Crippen molar-refractivity contribution >= 4 is 34.4 Å². The Kier molecular flexibility index (Phi) is 4.76. The van der Waals surface area contributed by atoms with Crippen molar-refractivity contribution in [1.82, 2.24) is 19.3 Å². The van der Waals surface area contributed by atoms with Crippen LogP contribution in [0.2, 0.25) is 0 Å². The standard InChI is InChI=1S/C22H16N6O2S/c23-11-14-6-4-5-9-18(14)25-19(29)10-16-13-31-22-26-20-17(21(30)27(16)22)12-24-28(20)15-7-2-1-3-8-15/h1-9,12,16H,10,13H2,(H,25,29). The summed E-state index contributed by atoms with van der Waals surface area (Å²) >= 11 is 1.45. The van der Waals surface area contributed by atoms with Crippen molar-refractivity contribution in [2.24, 2.45) is 0 Å². The molecule has 0 radical (unpaired) electrons. The minimum absolute atomic E-state index is 0.111. The monoisotopic (exact) mass is 428 g/mol. The average Bonchev–Trinajstić information content (AvgIpc) is 3.40. The number of rotatable bonds is 4. The highest BCUT2D eigenvalue weighted by molar-refractivity contribution is 7.99. The second-order valence-electron chi connectivity index (χ2n) is 7.07. The van der Waals surface area contributed by atoms with Gasteiger partial charge in [0.15, 0.2) is 10.8 Å². The number of thioether (sulfide) groups is 1. The summed E-state index contributed by atoms with van der Waals surface area (Å²) in [5.41, 5.74) is 1.98. The molecule has 2 aromatic heterocycles. The zero-order chi connectivity index (χ0) is 21.4. The van der Waals surface area contributed by atoms with Gasteiger partial charge in [0.25, 0.3) is 5.56 Å². The van der Waals surface area contributed by atoms with Crippen molar-refractivity contribution in [3.8, 4) is 11.8 Å². The van der Waals surface area contributed by atoms with E-state index in [1.165, 1.54) is 18.0 Å². The maximum absolute atomic E-state index is 13.2.